The van der Waals surface area contributed by atoms with Crippen LogP contribution in [0, 0.1) is 6.92 Å². The molecule has 0 spiro atoms. The minimum Gasteiger partial charge on any atom is -0.356 e. The van der Waals surface area contributed by atoms with Gasteiger partial charge in [-0.2, -0.15) is 0 Å². The van der Waals surface area contributed by atoms with E-state index in [4.69, 9.17) is 0 Å². The molecule has 0 aliphatic heterocycles. The zero-order valence-electron chi connectivity index (χ0n) is 13.3. The van der Waals surface area contributed by atoms with Crippen molar-refractivity contribution in [3.63, 3.8) is 0 Å². The second-order valence-electron chi connectivity index (χ2n) is 5.48. The number of hydrogen-bond donors (Lipinski definition) is 2. The van der Waals surface area contributed by atoms with Crippen LogP contribution in [0.25, 0.3) is 0 Å². The van der Waals surface area contributed by atoms with Crippen molar-refractivity contribution in [2.24, 2.45) is 0 Å². The lowest BCUT2D eigenvalue weighted by molar-refractivity contribution is -0.126. The summed E-state index contributed by atoms with van der Waals surface area (Å²) < 4.78 is 0. The first kappa shape index (κ1) is 16.7. The number of aryl methyl sites for hydroxylation is 2. The summed E-state index contributed by atoms with van der Waals surface area (Å²) in [7, 11) is 0. The Labute approximate surface area is 136 Å². The molecule has 2 amide bonds. The molecule has 2 N–H and O–H groups in total. The predicted molar refractivity (Wildman–Crippen MR) is 92.2 cm³/mol. The van der Waals surface area contributed by atoms with Crippen LogP contribution in [0.4, 0.5) is 5.69 Å². The van der Waals surface area contributed by atoms with Crippen LogP contribution in [-0.2, 0) is 16.0 Å². The molecule has 2 aromatic rings. The standard InChI is InChI=1S/C19H22N2O2/c1-15-8-5-6-12-17(15)21-19(23)14-18(22)20-13-7-11-16-9-3-2-4-10-16/h2-6,8-10,12H,7,11,13-14H2,1H3,(H,20,22)(H,21,23). The second-order valence-corrected chi connectivity index (χ2v) is 5.48. The van der Waals surface area contributed by atoms with Gasteiger partial charge in [0.2, 0.25) is 11.8 Å². The van der Waals surface area contributed by atoms with Crippen LogP contribution in [0.2, 0.25) is 0 Å². The summed E-state index contributed by atoms with van der Waals surface area (Å²) in [6.07, 6.45) is 1.62. The van der Waals surface area contributed by atoms with Crippen LogP contribution in [0.5, 0.6) is 0 Å². The van der Waals surface area contributed by atoms with Crippen LogP contribution in [0.1, 0.15) is 24.0 Å². The fourth-order valence-corrected chi connectivity index (χ4v) is 2.28. The SMILES string of the molecule is Cc1ccccc1NC(=O)CC(=O)NCCCc1ccccc1. The maximum atomic E-state index is 11.9. The first-order valence-electron chi connectivity index (χ1n) is 7.81. The zero-order chi connectivity index (χ0) is 16.5. The van der Waals surface area contributed by atoms with Crippen LogP contribution >= 0.6 is 0 Å². The molecule has 0 saturated carbocycles. The topological polar surface area (TPSA) is 58.2 Å². The summed E-state index contributed by atoms with van der Waals surface area (Å²) in [5, 5.41) is 5.54. The van der Waals surface area contributed by atoms with E-state index in [1.165, 1.54) is 5.56 Å². The minimum absolute atomic E-state index is 0.153. The van der Waals surface area contributed by atoms with Crippen LogP contribution in [0.15, 0.2) is 54.6 Å². The van der Waals surface area contributed by atoms with E-state index in [2.05, 4.69) is 22.8 Å². The lowest BCUT2D eigenvalue weighted by Gasteiger charge is -2.08. The number of carbonyl (C=O) groups is 2. The minimum atomic E-state index is -0.292. The Kier molecular flexibility index (Phi) is 6.36. The van der Waals surface area contributed by atoms with Gasteiger partial charge in [0.25, 0.3) is 0 Å². The number of benzene rings is 2. The van der Waals surface area contributed by atoms with Crippen LogP contribution in [0.3, 0.4) is 0 Å². The average molecular weight is 310 g/mol. The fourth-order valence-electron chi connectivity index (χ4n) is 2.28. The number of rotatable bonds is 7. The van der Waals surface area contributed by atoms with Crippen molar-refractivity contribution in [2.75, 3.05) is 11.9 Å². The summed E-state index contributed by atoms with van der Waals surface area (Å²) in [4.78, 5) is 23.6. The number of para-hydroxylation sites is 1. The summed E-state index contributed by atoms with van der Waals surface area (Å²) in [5.74, 6) is -0.538. The molecular formula is C19H22N2O2. The zero-order valence-corrected chi connectivity index (χ0v) is 13.3. The molecule has 0 aliphatic rings. The molecule has 0 unspecified atom stereocenters. The maximum absolute atomic E-state index is 11.9. The molecule has 120 valence electrons. The third-order valence-corrected chi connectivity index (χ3v) is 3.55. The van der Waals surface area contributed by atoms with Crippen molar-refractivity contribution in [1.29, 1.82) is 0 Å². The summed E-state index contributed by atoms with van der Waals surface area (Å²) >= 11 is 0. The Morgan fingerprint density at radius 2 is 1.61 bits per heavy atom. The Bertz CT molecular complexity index is 653. The molecular weight excluding hydrogens is 288 g/mol. The number of hydrogen-bond acceptors (Lipinski definition) is 2. The molecule has 0 saturated heterocycles. The first-order chi connectivity index (χ1) is 11.1. The highest BCUT2D eigenvalue weighted by molar-refractivity contribution is 6.03. The van der Waals surface area contributed by atoms with Crippen LogP contribution in [-0.4, -0.2) is 18.4 Å². The van der Waals surface area contributed by atoms with Crippen molar-refractivity contribution in [3.05, 3.63) is 65.7 Å². The molecule has 4 heteroatoms. The summed E-state index contributed by atoms with van der Waals surface area (Å²) in [5.41, 5.74) is 2.97. The number of amides is 2. The fraction of sp³-hybridized carbons (Fsp3) is 0.263. The Morgan fingerprint density at radius 3 is 2.35 bits per heavy atom. The Balaban J connectivity index is 1.66. The van der Waals surface area contributed by atoms with Gasteiger partial charge in [0.05, 0.1) is 0 Å². The third-order valence-electron chi connectivity index (χ3n) is 3.55. The highest BCUT2D eigenvalue weighted by Gasteiger charge is 2.10. The second kappa shape index (κ2) is 8.73. The molecule has 2 rings (SSSR count). The lowest BCUT2D eigenvalue weighted by atomic mass is 10.1. The summed E-state index contributed by atoms with van der Waals surface area (Å²) in [6.45, 7) is 2.49. The number of anilines is 1. The first-order valence-corrected chi connectivity index (χ1v) is 7.81. The normalized spacial score (nSPS) is 10.1. The molecule has 2 aromatic carbocycles. The number of nitrogens with one attached hydrogen (secondary N) is 2. The van der Waals surface area contributed by atoms with E-state index in [9.17, 15) is 9.59 Å². The van der Waals surface area contributed by atoms with Gasteiger partial charge in [0, 0.05) is 12.2 Å². The number of carbonyl (C=O) groups excluding carboxylic acids is 2. The average Bonchev–Trinajstić information content (AvgIpc) is 2.55. The van der Waals surface area contributed by atoms with E-state index in [0.29, 0.717) is 6.54 Å². The van der Waals surface area contributed by atoms with Gasteiger partial charge in [-0.15, -0.1) is 0 Å². The van der Waals surface area contributed by atoms with E-state index < -0.39 is 0 Å². The van der Waals surface area contributed by atoms with Crippen molar-refractivity contribution in [3.8, 4) is 0 Å². The van der Waals surface area contributed by atoms with Gasteiger partial charge >= 0.3 is 0 Å². The highest BCUT2D eigenvalue weighted by atomic mass is 16.2. The quantitative estimate of drug-likeness (QED) is 0.610. The van der Waals surface area contributed by atoms with E-state index in [-0.39, 0.29) is 18.2 Å². The molecule has 0 aromatic heterocycles. The lowest BCUT2D eigenvalue weighted by Crippen LogP contribution is -2.29. The molecule has 0 bridgehead atoms. The van der Waals surface area contributed by atoms with E-state index >= 15 is 0 Å². The van der Waals surface area contributed by atoms with E-state index in [1.54, 1.807) is 0 Å². The molecule has 0 aliphatic carbocycles. The Morgan fingerprint density at radius 1 is 0.913 bits per heavy atom. The largest absolute Gasteiger partial charge is 0.356 e. The van der Waals surface area contributed by atoms with Gasteiger partial charge in [-0.05, 0) is 37.0 Å². The van der Waals surface area contributed by atoms with E-state index in [0.717, 1.165) is 24.1 Å². The molecule has 0 heterocycles. The third kappa shape index (κ3) is 5.94. The molecule has 23 heavy (non-hydrogen) atoms. The van der Waals surface area contributed by atoms with Crippen molar-refractivity contribution in [2.45, 2.75) is 26.2 Å². The van der Waals surface area contributed by atoms with Gasteiger partial charge in [0.15, 0.2) is 0 Å². The molecule has 0 atom stereocenters. The molecule has 4 nitrogen and oxygen atoms in total. The predicted octanol–water partition coefficient (Wildman–Crippen LogP) is 3.07. The van der Waals surface area contributed by atoms with Crippen LogP contribution < -0.4 is 10.6 Å². The van der Waals surface area contributed by atoms with Crippen molar-refractivity contribution in [1.82, 2.24) is 5.32 Å². The maximum Gasteiger partial charge on any atom is 0.233 e. The van der Waals surface area contributed by atoms with Gasteiger partial charge in [0.1, 0.15) is 6.42 Å². The highest BCUT2D eigenvalue weighted by Crippen LogP contribution is 2.13. The van der Waals surface area contributed by atoms with Crippen molar-refractivity contribution < 1.29 is 9.59 Å². The van der Waals surface area contributed by atoms with E-state index in [1.807, 2.05) is 49.4 Å². The molecule has 0 fully saturated rings. The van der Waals surface area contributed by atoms with Gasteiger partial charge < -0.3 is 10.6 Å². The smallest absolute Gasteiger partial charge is 0.233 e. The van der Waals surface area contributed by atoms with Gasteiger partial charge in [-0.3, -0.25) is 9.59 Å². The molecule has 0 radical (unpaired) electrons. The summed E-state index contributed by atoms with van der Waals surface area (Å²) in [6, 6.07) is 17.6. The Hall–Kier alpha value is -2.62. The van der Waals surface area contributed by atoms with Crippen molar-refractivity contribution >= 4 is 17.5 Å². The monoisotopic (exact) mass is 310 g/mol. The van der Waals surface area contributed by atoms with Gasteiger partial charge in [-0.1, -0.05) is 48.5 Å². The van der Waals surface area contributed by atoms with Gasteiger partial charge in [-0.25, -0.2) is 0 Å².